The molecule has 2 heterocycles. The van der Waals surface area contributed by atoms with Crippen molar-refractivity contribution >= 4 is 32.6 Å². The van der Waals surface area contributed by atoms with Crippen LogP contribution in [0.25, 0.3) is 10.2 Å². The Morgan fingerprint density at radius 3 is 2.79 bits per heavy atom. The maximum atomic E-state index is 12.9. The van der Waals surface area contributed by atoms with Crippen LogP contribution in [-0.4, -0.2) is 33.8 Å². The third-order valence-corrected chi connectivity index (χ3v) is 5.63. The Labute approximate surface area is 170 Å². The fraction of sp³-hybridized carbons (Fsp3) is 0.476. The van der Waals surface area contributed by atoms with Gasteiger partial charge in [-0.3, -0.25) is 14.4 Å². The predicted octanol–water partition coefficient (Wildman–Crippen LogP) is 4.73. The van der Waals surface area contributed by atoms with Crippen LogP contribution in [-0.2, 0) is 11.3 Å². The van der Waals surface area contributed by atoms with Crippen LogP contribution in [0.1, 0.15) is 44.5 Å². The second-order valence-electron chi connectivity index (χ2n) is 6.83. The number of aryl methyl sites for hydroxylation is 2. The molecule has 0 saturated carbocycles. The van der Waals surface area contributed by atoms with Gasteiger partial charge < -0.3 is 4.74 Å². The molecule has 0 saturated heterocycles. The number of aromatic nitrogens is 3. The molecule has 0 aliphatic rings. The topological polar surface area (TPSA) is 60.2 Å². The molecule has 28 heavy (non-hydrogen) atoms. The summed E-state index contributed by atoms with van der Waals surface area (Å²) in [6, 6.07) is 7.97. The number of carbonyl (C=O) groups excluding carboxylic acids is 1. The Bertz CT molecular complexity index is 947. The number of carbonyl (C=O) groups is 1. The molecular formula is C21H28N4O2S. The zero-order valence-corrected chi connectivity index (χ0v) is 17.9. The number of nitrogens with zero attached hydrogens (tertiary/aromatic N) is 4. The van der Waals surface area contributed by atoms with E-state index in [-0.39, 0.29) is 5.91 Å². The van der Waals surface area contributed by atoms with Crippen molar-refractivity contribution in [2.75, 3.05) is 18.1 Å². The number of benzene rings is 1. The first-order valence-electron chi connectivity index (χ1n) is 9.87. The Balaban J connectivity index is 1.89. The molecule has 1 amide bonds. The van der Waals surface area contributed by atoms with E-state index < -0.39 is 0 Å². The molecule has 0 N–H and O–H groups in total. The standard InChI is InChI=1S/C21H28N4O2S/c1-5-7-11-19(26)24(12-13-25-16(4)14-15(3)23-25)21-22-20-17(27-6-2)9-8-10-18(20)28-21/h8-10,14H,5-7,11-13H2,1-4H3. The molecule has 2 aromatic heterocycles. The summed E-state index contributed by atoms with van der Waals surface area (Å²) in [5, 5.41) is 5.25. The third-order valence-electron chi connectivity index (χ3n) is 4.59. The van der Waals surface area contributed by atoms with Crippen LogP contribution >= 0.6 is 11.3 Å². The van der Waals surface area contributed by atoms with Crippen molar-refractivity contribution in [1.29, 1.82) is 0 Å². The smallest absolute Gasteiger partial charge is 0.228 e. The summed E-state index contributed by atoms with van der Waals surface area (Å²) in [4.78, 5) is 19.5. The highest BCUT2D eigenvalue weighted by molar-refractivity contribution is 7.22. The molecule has 0 aliphatic carbocycles. The van der Waals surface area contributed by atoms with Gasteiger partial charge in [-0.2, -0.15) is 5.10 Å². The van der Waals surface area contributed by atoms with Gasteiger partial charge in [0.25, 0.3) is 0 Å². The fourth-order valence-corrected chi connectivity index (χ4v) is 4.21. The number of thiazole rings is 1. The molecule has 150 valence electrons. The minimum Gasteiger partial charge on any atom is -0.492 e. The highest BCUT2D eigenvalue weighted by Gasteiger charge is 2.21. The summed E-state index contributed by atoms with van der Waals surface area (Å²) in [6.07, 6.45) is 2.40. The van der Waals surface area contributed by atoms with Crippen LogP contribution in [0.5, 0.6) is 5.75 Å². The number of unbranched alkanes of at least 4 members (excludes halogenated alkanes) is 1. The monoisotopic (exact) mass is 400 g/mol. The number of para-hydroxylation sites is 1. The van der Waals surface area contributed by atoms with E-state index in [2.05, 4.69) is 18.1 Å². The van der Waals surface area contributed by atoms with E-state index in [1.807, 2.05) is 48.6 Å². The van der Waals surface area contributed by atoms with E-state index in [0.717, 1.165) is 45.3 Å². The summed E-state index contributed by atoms with van der Waals surface area (Å²) in [5.41, 5.74) is 2.91. The van der Waals surface area contributed by atoms with Crippen molar-refractivity contribution < 1.29 is 9.53 Å². The second-order valence-corrected chi connectivity index (χ2v) is 7.84. The van der Waals surface area contributed by atoms with Crippen LogP contribution in [0.15, 0.2) is 24.3 Å². The lowest BCUT2D eigenvalue weighted by Gasteiger charge is -2.20. The van der Waals surface area contributed by atoms with E-state index in [1.54, 1.807) is 0 Å². The first-order valence-corrected chi connectivity index (χ1v) is 10.7. The zero-order valence-electron chi connectivity index (χ0n) is 17.1. The van der Waals surface area contributed by atoms with Gasteiger partial charge in [0, 0.05) is 18.7 Å². The molecule has 3 aromatic rings. The second kappa shape index (κ2) is 9.19. The first kappa shape index (κ1) is 20.3. The van der Waals surface area contributed by atoms with Gasteiger partial charge in [0.15, 0.2) is 5.13 Å². The third kappa shape index (κ3) is 4.52. The molecule has 0 aliphatic heterocycles. The molecule has 0 radical (unpaired) electrons. The van der Waals surface area contributed by atoms with Gasteiger partial charge in [-0.05, 0) is 45.4 Å². The lowest BCUT2D eigenvalue weighted by molar-refractivity contribution is -0.118. The van der Waals surface area contributed by atoms with Gasteiger partial charge in [-0.25, -0.2) is 4.98 Å². The van der Waals surface area contributed by atoms with Crippen molar-refractivity contribution in [2.45, 2.75) is 53.5 Å². The summed E-state index contributed by atoms with van der Waals surface area (Å²) in [6.45, 7) is 9.86. The molecular weight excluding hydrogens is 372 g/mol. The number of fused-ring (bicyclic) bond motifs is 1. The quantitative estimate of drug-likeness (QED) is 0.521. The lowest BCUT2D eigenvalue weighted by atomic mass is 10.2. The minimum absolute atomic E-state index is 0.111. The molecule has 6 nitrogen and oxygen atoms in total. The average Bonchev–Trinajstić information content (AvgIpc) is 3.23. The van der Waals surface area contributed by atoms with Gasteiger partial charge in [0.2, 0.25) is 5.91 Å². The van der Waals surface area contributed by atoms with Crippen molar-refractivity contribution in [3.63, 3.8) is 0 Å². The number of amides is 1. The number of ether oxygens (including phenoxy) is 1. The Morgan fingerprint density at radius 2 is 2.11 bits per heavy atom. The molecule has 7 heteroatoms. The summed E-state index contributed by atoms with van der Waals surface area (Å²) < 4.78 is 8.69. The molecule has 0 atom stereocenters. The number of rotatable bonds is 9. The molecule has 0 spiro atoms. The van der Waals surface area contributed by atoms with Crippen LogP contribution in [0.3, 0.4) is 0 Å². The Kier molecular flexibility index (Phi) is 6.67. The van der Waals surface area contributed by atoms with E-state index in [0.29, 0.717) is 26.1 Å². The molecule has 0 fully saturated rings. The molecule has 1 aromatic carbocycles. The number of anilines is 1. The average molecular weight is 401 g/mol. The SMILES string of the molecule is CCCCC(=O)N(CCn1nc(C)cc1C)c1nc2c(OCC)cccc2s1. The van der Waals surface area contributed by atoms with E-state index in [1.165, 1.54) is 11.3 Å². The molecule has 0 unspecified atom stereocenters. The van der Waals surface area contributed by atoms with Crippen LogP contribution < -0.4 is 9.64 Å². The number of hydrogen-bond donors (Lipinski definition) is 0. The summed E-state index contributed by atoms with van der Waals surface area (Å²) in [7, 11) is 0. The molecule has 0 bridgehead atoms. The van der Waals surface area contributed by atoms with Crippen molar-refractivity contribution in [1.82, 2.24) is 14.8 Å². The Hall–Kier alpha value is -2.41. The van der Waals surface area contributed by atoms with Crippen molar-refractivity contribution in [2.24, 2.45) is 0 Å². The highest BCUT2D eigenvalue weighted by Crippen LogP contribution is 2.34. The number of hydrogen-bond acceptors (Lipinski definition) is 5. The van der Waals surface area contributed by atoms with Crippen LogP contribution in [0, 0.1) is 13.8 Å². The fourth-order valence-electron chi connectivity index (χ4n) is 3.18. The van der Waals surface area contributed by atoms with Gasteiger partial charge >= 0.3 is 0 Å². The predicted molar refractivity (Wildman–Crippen MR) is 114 cm³/mol. The largest absolute Gasteiger partial charge is 0.492 e. The van der Waals surface area contributed by atoms with E-state index in [9.17, 15) is 4.79 Å². The summed E-state index contributed by atoms with van der Waals surface area (Å²) in [5.74, 6) is 0.877. The van der Waals surface area contributed by atoms with Gasteiger partial charge in [0.05, 0.1) is 23.5 Å². The van der Waals surface area contributed by atoms with Gasteiger partial charge in [0.1, 0.15) is 11.3 Å². The maximum absolute atomic E-state index is 12.9. The normalized spacial score (nSPS) is 11.1. The van der Waals surface area contributed by atoms with Crippen molar-refractivity contribution in [3.05, 3.63) is 35.7 Å². The van der Waals surface area contributed by atoms with Crippen LogP contribution in [0.4, 0.5) is 5.13 Å². The lowest BCUT2D eigenvalue weighted by Crippen LogP contribution is -2.34. The highest BCUT2D eigenvalue weighted by atomic mass is 32.1. The maximum Gasteiger partial charge on any atom is 0.228 e. The van der Waals surface area contributed by atoms with E-state index in [4.69, 9.17) is 9.72 Å². The van der Waals surface area contributed by atoms with E-state index >= 15 is 0 Å². The van der Waals surface area contributed by atoms with Gasteiger partial charge in [-0.15, -0.1) is 0 Å². The summed E-state index contributed by atoms with van der Waals surface area (Å²) >= 11 is 1.54. The first-order chi connectivity index (χ1) is 13.5. The van der Waals surface area contributed by atoms with Gasteiger partial charge in [-0.1, -0.05) is 30.7 Å². The Morgan fingerprint density at radius 1 is 1.29 bits per heavy atom. The van der Waals surface area contributed by atoms with Crippen molar-refractivity contribution in [3.8, 4) is 5.75 Å². The minimum atomic E-state index is 0.111. The van der Waals surface area contributed by atoms with Crippen LogP contribution in [0.2, 0.25) is 0 Å². The zero-order chi connectivity index (χ0) is 20.1. The molecule has 3 rings (SSSR count).